The summed E-state index contributed by atoms with van der Waals surface area (Å²) in [6.07, 6.45) is 5.63. The Morgan fingerprint density at radius 1 is 1.07 bits per heavy atom. The topological polar surface area (TPSA) is 57.3 Å². The Kier molecular flexibility index (Phi) is 7.69. The summed E-state index contributed by atoms with van der Waals surface area (Å²) in [5, 5.41) is 14.5. The maximum Gasteiger partial charge on any atom is 0.119 e. The number of hydrogen-bond donors (Lipinski definition) is 3. The van der Waals surface area contributed by atoms with Gasteiger partial charge in [0.05, 0.1) is 0 Å². The molecule has 0 bridgehead atoms. The first-order chi connectivity index (χ1) is 12.9. The van der Waals surface area contributed by atoms with Crippen molar-refractivity contribution in [3.8, 4) is 5.75 Å². The van der Waals surface area contributed by atoms with Crippen LogP contribution in [-0.2, 0) is 0 Å². The van der Waals surface area contributed by atoms with Gasteiger partial charge in [-0.2, -0.15) is 0 Å². The van der Waals surface area contributed by atoms with E-state index in [1.807, 2.05) is 30.5 Å². The second kappa shape index (κ2) is 9.78. The Hall–Kier alpha value is -2.27. The minimum absolute atomic E-state index is 0. The van der Waals surface area contributed by atoms with Crippen molar-refractivity contribution < 1.29 is 9.84 Å². The highest BCUT2D eigenvalue weighted by atomic mass is 35.5. The molecule has 1 heterocycles. The average molecular weight is 401 g/mol. The maximum atomic E-state index is 10.0. The van der Waals surface area contributed by atoms with Crippen LogP contribution < -0.4 is 10.1 Å². The Morgan fingerprint density at radius 2 is 1.82 bits per heavy atom. The molecule has 150 valence electrons. The van der Waals surface area contributed by atoms with Gasteiger partial charge in [-0.1, -0.05) is 36.4 Å². The van der Waals surface area contributed by atoms with E-state index in [9.17, 15) is 5.11 Å². The summed E-state index contributed by atoms with van der Waals surface area (Å²) >= 11 is 0. The zero-order valence-electron chi connectivity index (χ0n) is 16.6. The van der Waals surface area contributed by atoms with Gasteiger partial charge in [-0.15, -0.1) is 12.4 Å². The molecular formula is C23H29ClN2O2. The van der Waals surface area contributed by atoms with Crippen LogP contribution in [-0.4, -0.2) is 34.9 Å². The number of hydrogen-bond acceptors (Lipinski definition) is 3. The summed E-state index contributed by atoms with van der Waals surface area (Å²) in [7, 11) is 0. The molecule has 3 aromatic rings. The van der Waals surface area contributed by atoms with Crippen LogP contribution in [0.2, 0.25) is 0 Å². The Balaban J connectivity index is 0.00000280. The third-order valence-electron chi connectivity index (χ3n) is 4.27. The molecular weight excluding hydrogens is 372 g/mol. The molecule has 0 saturated heterocycles. The van der Waals surface area contributed by atoms with Crippen molar-refractivity contribution in [2.75, 3.05) is 13.2 Å². The van der Waals surface area contributed by atoms with Gasteiger partial charge < -0.3 is 20.1 Å². The summed E-state index contributed by atoms with van der Waals surface area (Å²) < 4.78 is 5.68. The fourth-order valence-corrected chi connectivity index (χ4v) is 2.79. The molecule has 0 amide bonds. The van der Waals surface area contributed by atoms with Gasteiger partial charge in [0.2, 0.25) is 0 Å². The minimum atomic E-state index is -0.536. The number of aliphatic hydroxyl groups excluding tert-OH is 1. The SMILES string of the molecule is CC(C)(C)NCC(O)COc1ccc(/C=C/c2cccc3[nH]ccc23)cc1.Cl. The first kappa shape index (κ1) is 22.0. The van der Waals surface area contributed by atoms with Gasteiger partial charge in [-0.05, 0) is 56.2 Å². The number of halogens is 1. The summed E-state index contributed by atoms with van der Waals surface area (Å²) in [5.74, 6) is 0.759. The fourth-order valence-electron chi connectivity index (χ4n) is 2.79. The highest BCUT2D eigenvalue weighted by Gasteiger charge is 2.12. The van der Waals surface area contributed by atoms with Crippen molar-refractivity contribution in [2.24, 2.45) is 0 Å². The predicted molar refractivity (Wildman–Crippen MR) is 120 cm³/mol. The molecule has 0 aliphatic carbocycles. The molecule has 3 N–H and O–H groups in total. The van der Waals surface area contributed by atoms with Gasteiger partial charge in [0.1, 0.15) is 18.5 Å². The summed E-state index contributed by atoms with van der Waals surface area (Å²) in [6.45, 7) is 7.00. The lowest BCUT2D eigenvalue weighted by Gasteiger charge is -2.22. The van der Waals surface area contributed by atoms with Crippen LogP contribution >= 0.6 is 12.4 Å². The van der Waals surface area contributed by atoms with Crippen molar-refractivity contribution in [3.05, 3.63) is 65.9 Å². The van der Waals surface area contributed by atoms with Crippen LogP contribution in [0.1, 0.15) is 31.9 Å². The minimum Gasteiger partial charge on any atom is -0.491 e. The van der Waals surface area contributed by atoms with Crippen LogP contribution in [0.3, 0.4) is 0 Å². The lowest BCUT2D eigenvalue weighted by atomic mass is 10.1. The molecule has 2 aromatic carbocycles. The maximum absolute atomic E-state index is 10.0. The number of aromatic amines is 1. The molecule has 0 radical (unpaired) electrons. The number of benzene rings is 2. The number of nitrogens with one attached hydrogen (secondary N) is 2. The number of ether oxygens (including phenoxy) is 1. The second-order valence-corrected chi connectivity index (χ2v) is 7.78. The molecule has 0 saturated carbocycles. The summed E-state index contributed by atoms with van der Waals surface area (Å²) in [5.41, 5.74) is 3.41. The van der Waals surface area contributed by atoms with Crippen molar-refractivity contribution in [2.45, 2.75) is 32.4 Å². The summed E-state index contributed by atoms with van der Waals surface area (Å²) in [4.78, 5) is 3.23. The van der Waals surface area contributed by atoms with Crippen molar-refractivity contribution in [3.63, 3.8) is 0 Å². The van der Waals surface area contributed by atoms with Crippen molar-refractivity contribution in [1.29, 1.82) is 0 Å². The van der Waals surface area contributed by atoms with E-state index in [0.717, 1.165) is 16.8 Å². The van der Waals surface area contributed by atoms with Crippen LogP contribution in [0, 0.1) is 0 Å². The number of rotatable bonds is 7. The molecule has 0 spiro atoms. The number of aromatic nitrogens is 1. The number of aliphatic hydroxyl groups is 1. The van der Waals surface area contributed by atoms with Crippen LogP contribution in [0.5, 0.6) is 5.75 Å². The third kappa shape index (κ3) is 6.41. The van der Waals surface area contributed by atoms with E-state index >= 15 is 0 Å². The highest BCUT2D eigenvalue weighted by Crippen LogP contribution is 2.20. The molecule has 4 nitrogen and oxygen atoms in total. The Morgan fingerprint density at radius 3 is 2.54 bits per heavy atom. The standard InChI is InChI=1S/C23H28N2O2.ClH/c1-23(2,3)25-15-19(26)16-27-20-11-8-17(9-12-20)7-10-18-5-4-6-22-21(18)13-14-24-22;/h4-14,19,24-26H,15-16H2,1-3H3;1H/b10-7+;. The van der Waals surface area contributed by atoms with E-state index in [4.69, 9.17) is 4.74 Å². The van der Waals surface area contributed by atoms with E-state index < -0.39 is 6.10 Å². The van der Waals surface area contributed by atoms with E-state index in [-0.39, 0.29) is 24.6 Å². The van der Waals surface area contributed by atoms with Gasteiger partial charge in [-0.25, -0.2) is 0 Å². The molecule has 1 unspecified atom stereocenters. The van der Waals surface area contributed by atoms with Crippen LogP contribution in [0.4, 0.5) is 0 Å². The molecule has 0 aliphatic rings. The summed E-state index contributed by atoms with van der Waals surface area (Å²) in [6, 6.07) is 16.2. The zero-order chi connectivity index (χ0) is 19.3. The fraction of sp³-hybridized carbons (Fsp3) is 0.304. The quantitative estimate of drug-likeness (QED) is 0.495. The third-order valence-corrected chi connectivity index (χ3v) is 4.27. The van der Waals surface area contributed by atoms with Gasteiger partial charge in [0.25, 0.3) is 0 Å². The second-order valence-electron chi connectivity index (χ2n) is 7.78. The molecule has 28 heavy (non-hydrogen) atoms. The first-order valence-corrected chi connectivity index (χ1v) is 9.31. The average Bonchev–Trinajstić information content (AvgIpc) is 3.12. The van der Waals surface area contributed by atoms with Crippen molar-refractivity contribution >= 4 is 35.5 Å². The monoisotopic (exact) mass is 400 g/mol. The van der Waals surface area contributed by atoms with E-state index in [1.54, 1.807) is 0 Å². The van der Waals surface area contributed by atoms with E-state index in [2.05, 4.69) is 67.5 Å². The largest absolute Gasteiger partial charge is 0.491 e. The number of fused-ring (bicyclic) bond motifs is 1. The normalized spacial score (nSPS) is 12.9. The van der Waals surface area contributed by atoms with Crippen LogP contribution in [0.25, 0.3) is 23.1 Å². The van der Waals surface area contributed by atoms with Gasteiger partial charge in [-0.3, -0.25) is 0 Å². The number of H-pyrrole nitrogens is 1. The number of β-amino-alcohol motifs (C(OH)–C–C–N with tert-alkyl or cyclic N) is 1. The lowest BCUT2D eigenvalue weighted by Crippen LogP contribution is -2.42. The van der Waals surface area contributed by atoms with Gasteiger partial charge >= 0.3 is 0 Å². The van der Waals surface area contributed by atoms with E-state index in [1.165, 1.54) is 10.9 Å². The highest BCUT2D eigenvalue weighted by molar-refractivity contribution is 5.91. The van der Waals surface area contributed by atoms with Gasteiger partial charge in [0, 0.05) is 29.2 Å². The predicted octanol–water partition coefficient (Wildman–Crippen LogP) is 4.89. The molecule has 1 atom stereocenters. The molecule has 5 heteroatoms. The zero-order valence-corrected chi connectivity index (χ0v) is 17.4. The first-order valence-electron chi connectivity index (χ1n) is 9.31. The molecule has 0 aliphatic heterocycles. The van der Waals surface area contributed by atoms with Gasteiger partial charge in [0.15, 0.2) is 0 Å². The molecule has 3 rings (SSSR count). The molecule has 1 aromatic heterocycles. The smallest absolute Gasteiger partial charge is 0.119 e. The van der Waals surface area contributed by atoms with Crippen molar-refractivity contribution in [1.82, 2.24) is 10.3 Å². The van der Waals surface area contributed by atoms with E-state index in [0.29, 0.717) is 6.54 Å². The Labute approximate surface area is 173 Å². The molecule has 0 fully saturated rings. The Bertz CT molecular complexity index is 895. The van der Waals surface area contributed by atoms with Crippen LogP contribution in [0.15, 0.2) is 54.7 Å². The lowest BCUT2D eigenvalue weighted by molar-refractivity contribution is 0.100.